The van der Waals surface area contributed by atoms with Crippen LogP contribution in [0.4, 0.5) is 21.1 Å². The Bertz CT molecular complexity index is 1990. The Balaban J connectivity index is 1.12. The highest BCUT2D eigenvalue weighted by Gasteiger charge is 2.35. The molecular formula is C41H47N7O6. The second kappa shape index (κ2) is 16.2. The second-order valence-corrected chi connectivity index (χ2v) is 14.9. The lowest BCUT2D eigenvalue weighted by Gasteiger charge is -2.42. The van der Waals surface area contributed by atoms with E-state index in [0.29, 0.717) is 52.3 Å². The lowest BCUT2D eigenvalue weighted by atomic mass is 10.0. The fourth-order valence-corrected chi connectivity index (χ4v) is 7.25. The van der Waals surface area contributed by atoms with E-state index in [1.165, 1.54) is 10.8 Å². The molecule has 2 unspecified atom stereocenters. The second-order valence-electron chi connectivity index (χ2n) is 14.9. The maximum atomic E-state index is 13.3. The third kappa shape index (κ3) is 8.60. The van der Waals surface area contributed by atoms with Crippen molar-refractivity contribution in [2.24, 2.45) is 0 Å². The SMILES string of the molecule is CC(C)(C)OC(=O)N1CCOC(COc2nc3c(c(N4CCN(C(=O)OCc5ccccc5)C(CC#N)C4)n2)CCN(c2cccc4ccccc24)C3)C1. The molecule has 0 aliphatic carbocycles. The average Bonchev–Trinajstić information content (AvgIpc) is 3.18. The summed E-state index contributed by atoms with van der Waals surface area (Å²) in [6, 6.07) is 26.4. The summed E-state index contributed by atoms with van der Waals surface area (Å²) in [7, 11) is 0. The number of amides is 2. The van der Waals surface area contributed by atoms with E-state index in [9.17, 15) is 14.9 Å². The van der Waals surface area contributed by atoms with Gasteiger partial charge in [0.1, 0.15) is 30.7 Å². The normalized spacial score (nSPS) is 18.9. The van der Waals surface area contributed by atoms with Crippen molar-refractivity contribution in [3.8, 4) is 12.1 Å². The molecule has 3 aromatic carbocycles. The fraction of sp³-hybridized carbons (Fsp3) is 0.439. The van der Waals surface area contributed by atoms with Gasteiger partial charge in [-0.05, 0) is 44.2 Å². The van der Waals surface area contributed by atoms with E-state index in [4.69, 9.17) is 28.9 Å². The molecule has 2 amide bonds. The molecule has 0 radical (unpaired) electrons. The molecule has 1 aromatic heterocycles. The molecule has 2 saturated heterocycles. The summed E-state index contributed by atoms with van der Waals surface area (Å²) in [6.07, 6.45) is -0.368. The molecule has 0 saturated carbocycles. The van der Waals surface area contributed by atoms with Crippen LogP contribution in [0.15, 0.2) is 72.8 Å². The van der Waals surface area contributed by atoms with Gasteiger partial charge in [-0.25, -0.2) is 9.59 Å². The van der Waals surface area contributed by atoms with Gasteiger partial charge in [0, 0.05) is 49.4 Å². The smallest absolute Gasteiger partial charge is 0.410 e. The number of carbonyl (C=O) groups excluding carboxylic acids is 2. The van der Waals surface area contributed by atoms with E-state index in [1.807, 2.05) is 57.2 Å². The first-order chi connectivity index (χ1) is 26.1. The third-order valence-corrected chi connectivity index (χ3v) is 9.87. The van der Waals surface area contributed by atoms with Crippen LogP contribution in [-0.4, -0.2) is 102 Å². The molecule has 54 heavy (non-hydrogen) atoms. The van der Waals surface area contributed by atoms with Gasteiger partial charge in [0.2, 0.25) is 0 Å². The standard InChI is InChI=1S/C41H47N7O6/c1-41(2,3)54-39(49)47-22-23-51-32(25-47)28-52-38-43-35-26-45(36-15-9-13-30-12-7-8-14-33(30)36)19-17-34(35)37(44-38)46-20-21-48(31(24-46)16-18-42)40(50)53-27-29-10-5-4-6-11-29/h4-15,31-32H,16-17,19-28H2,1-3H3. The Morgan fingerprint density at radius 3 is 2.52 bits per heavy atom. The van der Waals surface area contributed by atoms with Gasteiger partial charge < -0.3 is 38.5 Å². The summed E-state index contributed by atoms with van der Waals surface area (Å²) >= 11 is 0. The highest BCUT2D eigenvalue weighted by atomic mass is 16.6. The molecule has 3 aliphatic rings. The lowest BCUT2D eigenvalue weighted by Crippen LogP contribution is -2.55. The number of hydrogen-bond donors (Lipinski definition) is 0. The van der Waals surface area contributed by atoms with Crippen LogP contribution in [0.25, 0.3) is 10.8 Å². The van der Waals surface area contributed by atoms with Crippen molar-refractivity contribution in [2.75, 3.05) is 62.3 Å². The minimum atomic E-state index is -0.602. The minimum absolute atomic E-state index is 0.142. The molecule has 13 nitrogen and oxygen atoms in total. The maximum Gasteiger partial charge on any atom is 0.410 e. The number of nitriles is 1. The molecule has 2 fully saturated rings. The highest BCUT2D eigenvalue weighted by molar-refractivity contribution is 5.94. The number of morpholine rings is 1. The fourth-order valence-electron chi connectivity index (χ4n) is 7.25. The van der Waals surface area contributed by atoms with Crippen molar-refractivity contribution < 1.29 is 28.5 Å². The van der Waals surface area contributed by atoms with E-state index < -0.39 is 23.8 Å². The van der Waals surface area contributed by atoms with Crippen LogP contribution in [-0.2, 0) is 33.8 Å². The zero-order valence-electron chi connectivity index (χ0n) is 31.1. The van der Waals surface area contributed by atoms with Gasteiger partial charge in [-0.1, -0.05) is 66.7 Å². The number of carbonyl (C=O) groups is 2. The molecule has 0 N–H and O–H groups in total. The number of fused-ring (bicyclic) bond motifs is 2. The van der Waals surface area contributed by atoms with Gasteiger partial charge >= 0.3 is 18.2 Å². The number of ether oxygens (including phenoxy) is 4. The Hall–Kier alpha value is -5.61. The molecule has 4 aromatic rings. The summed E-state index contributed by atoms with van der Waals surface area (Å²) in [5.74, 6) is 0.743. The lowest BCUT2D eigenvalue weighted by molar-refractivity contribution is -0.0566. The number of anilines is 2. The van der Waals surface area contributed by atoms with Crippen LogP contribution >= 0.6 is 0 Å². The van der Waals surface area contributed by atoms with Gasteiger partial charge in [0.15, 0.2) is 0 Å². The van der Waals surface area contributed by atoms with E-state index in [0.717, 1.165) is 34.9 Å². The van der Waals surface area contributed by atoms with Crippen LogP contribution in [0.1, 0.15) is 44.0 Å². The molecule has 282 valence electrons. The van der Waals surface area contributed by atoms with Crippen LogP contribution < -0.4 is 14.5 Å². The Labute approximate surface area is 316 Å². The van der Waals surface area contributed by atoms with Gasteiger partial charge in [0.25, 0.3) is 0 Å². The van der Waals surface area contributed by atoms with Crippen LogP contribution in [0.3, 0.4) is 0 Å². The molecule has 7 rings (SSSR count). The largest absolute Gasteiger partial charge is 0.461 e. The molecule has 3 aliphatic heterocycles. The molecule has 0 spiro atoms. The Kier molecular flexibility index (Phi) is 11.0. The zero-order valence-corrected chi connectivity index (χ0v) is 31.1. The summed E-state index contributed by atoms with van der Waals surface area (Å²) in [4.78, 5) is 43.8. The number of piperazine rings is 1. The van der Waals surface area contributed by atoms with Gasteiger partial charge in [0.05, 0.1) is 43.9 Å². The van der Waals surface area contributed by atoms with E-state index in [-0.39, 0.29) is 31.7 Å². The van der Waals surface area contributed by atoms with Crippen molar-refractivity contribution in [3.05, 3.63) is 89.6 Å². The molecule has 13 heteroatoms. The van der Waals surface area contributed by atoms with E-state index >= 15 is 0 Å². The molecule has 4 heterocycles. The zero-order chi connectivity index (χ0) is 37.7. The van der Waals surface area contributed by atoms with Crippen molar-refractivity contribution in [1.82, 2.24) is 19.8 Å². The predicted molar refractivity (Wildman–Crippen MR) is 203 cm³/mol. The number of rotatable bonds is 8. The quantitative estimate of drug-likeness (QED) is 0.213. The van der Waals surface area contributed by atoms with E-state index in [2.05, 4.69) is 52.3 Å². The first kappa shape index (κ1) is 36.7. The average molecular weight is 734 g/mol. The third-order valence-electron chi connectivity index (χ3n) is 9.87. The molecular weight excluding hydrogens is 686 g/mol. The van der Waals surface area contributed by atoms with Gasteiger partial charge in [-0.3, -0.25) is 0 Å². The summed E-state index contributed by atoms with van der Waals surface area (Å²) in [5, 5.41) is 12.1. The Morgan fingerprint density at radius 2 is 1.70 bits per heavy atom. The van der Waals surface area contributed by atoms with Gasteiger partial charge in [-0.2, -0.15) is 15.2 Å². The maximum absolute atomic E-state index is 13.3. The highest BCUT2D eigenvalue weighted by Crippen LogP contribution is 2.35. The van der Waals surface area contributed by atoms with Crippen molar-refractivity contribution >= 4 is 34.5 Å². The first-order valence-corrected chi connectivity index (χ1v) is 18.6. The number of aromatic nitrogens is 2. The van der Waals surface area contributed by atoms with Crippen LogP contribution in [0.2, 0.25) is 0 Å². The van der Waals surface area contributed by atoms with Crippen molar-refractivity contribution in [2.45, 2.75) is 64.5 Å². The number of hydrogen-bond acceptors (Lipinski definition) is 11. The van der Waals surface area contributed by atoms with E-state index in [1.54, 1.807) is 9.80 Å². The molecule has 0 bridgehead atoms. The molecule has 2 atom stereocenters. The summed E-state index contributed by atoms with van der Waals surface area (Å²) in [5.41, 5.74) is 3.32. The summed E-state index contributed by atoms with van der Waals surface area (Å²) < 4.78 is 23.5. The number of nitrogens with zero attached hydrogens (tertiary/aromatic N) is 7. The van der Waals surface area contributed by atoms with Crippen molar-refractivity contribution in [1.29, 1.82) is 5.26 Å². The summed E-state index contributed by atoms with van der Waals surface area (Å²) in [6.45, 7) is 9.54. The first-order valence-electron chi connectivity index (χ1n) is 18.6. The van der Waals surface area contributed by atoms with Crippen molar-refractivity contribution in [3.63, 3.8) is 0 Å². The topological polar surface area (TPSA) is 134 Å². The Morgan fingerprint density at radius 1 is 0.907 bits per heavy atom. The monoisotopic (exact) mass is 733 g/mol. The van der Waals surface area contributed by atoms with Crippen LogP contribution in [0, 0.1) is 11.3 Å². The van der Waals surface area contributed by atoms with Crippen LogP contribution in [0.5, 0.6) is 6.01 Å². The predicted octanol–water partition coefficient (Wildman–Crippen LogP) is 5.95. The minimum Gasteiger partial charge on any atom is -0.461 e. The number of benzene rings is 3. The van der Waals surface area contributed by atoms with Gasteiger partial charge in [-0.15, -0.1) is 0 Å².